The van der Waals surface area contributed by atoms with E-state index in [9.17, 15) is 9.59 Å². The summed E-state index contributed by atoms with van der Waals surface area (Å²) >= 11 is 6.09. The summed E-state index contributed by atoms with van der Waals surface area (Å²) < 4.78 is 7.61. The molecule has 0 saturated carbocycles. The van der Waals surface area contributed by atoms with Crippen LogP contribution in [0.3, 0.4) is 0 Å². The maximum Gasteiger partial charge on any atom is 0.330 e. The number of ether oxygens (including phenoxy) is 1. The Kier molecular flexibility index (Phi) is 4.37. The first-order valence-electron chi connectivity index (χ1n) is 6.27. The van der Waals surface area contributed by atoms with Crippen LogP contribution in [0.15, 0.2) is 33.9 Å². The van der Waals surface area contributed by atoms with Crippen molar-refractivity contribution in [3.05, 3.63) is 55.8 Å². The fraction of sp³-hybridized carbons (Fsp3) is 0.286. The second-order valence-electron chi connectivity index (χ2n) is 4.57. The third-order valence-corrected chi connectivity index (χ3v) is 3.59. The number of benzene rings is 1. The summed E-state index contributed by atoms with van der Waals surface area (Å²) in [6.45, 7) is 0.300. The summed E-state index contributed by atoms with van der Waals surface area (Å²) in [5.74, 6) is 0.666. The van der Waals surface area contributed by atoms with Crippen molar-refractivity contribution in [2.45, 2.75) is 6.54 Å². The fourth-order valence-electron chi connectivity index (χ4n) is 1.90. The van der Waals surface area contributed by atoms with Gasteiger partial charge >= 0.3 is 5.69 Å². The first kappa shape index (κ1) is 15.2. The van der Waals surface area contributed by atoms with Crippen LogP contribution in [0, 0.1) is 0 Å². The van der Waals surface area contributed by atoms with E-state index in [1.165, 1.54) is 17.7 Å². The first-order chi connectivity index (χ1) is 9.93. The van der Waals surface area contributed by atoms with Crippen LogP contribution in [0.4, 0.5) is 5.69 Å². The molecule has 1 heterocycles. The molecule has 2 rings (SSSR count). The van der Waals surface area contributed by atoms with Crippen molar-refractivity contribution in [3.8, 4) is 5.75 Å². The van der Waals surface area contributed by atoms with Gasteiger partial charge in [-0.1, -0.05) is 11.6 Å². The lowest BCUT2D eigenvalue weighted by molar-refractivity contribution is 0.415. The standard InChI is InChI=1S/C14H16ClN3O3/c1-17-9(6-13(19)18(2)14(17)20)8-16-12-7-10(21-3)4-5-11(12)15/h4-7,16H,8H2,1-3H3. The summed E-state index contributed by atoms with van der Waals surface area (Å²) in [4.78, 5) is 23.5. The largest absolute Gasteiger partial charge is 0.497 e. The Morgan fingerprint density at radius 1 is 1.19 bits per heavy atom. The quantitative estimate of drug-likeness (QED) is 0.926. The van der Waals surface area contributed by atoms with E-state index in [-0.39, 0.29) is 11.2 Å². The second kappa shape index (κ2) is 6.05. The van der Waals surface area contributed by atoms with Gasteiger partial charge in [0.05, 0.1) is 24.4 Å². The Balaban J connectivity index is 2.29. The van der Waals surface area contributed by atoms with Crippen molar-refractivity contribution in [2.24, 2.45) is 14.1 Å². The molecule has 1 aromatic heterocycles. The van der Waals surface area contributed by atoms with Gasteiger partial charge in [-0.25, -0.2) is 4.79 Å². The number of anilines is 1. The molecule has 0 atom stereocenters. The average molecular weight is 310 g/mol. The molecule has 0 aliphatic rings. The van der Waals surface area contributed by atoms with Gasteiger partial charge in [0.25, 0.3) is 5.56 Å². The van der Waals surface area contributed by atoms with Crippen molar-refractivity contribution < 1.29 is 4.74 Å². The predicted octanol–water partition coefficient (Wildman–Crippen LogP) is 1.36. The van der Waals surface area contributed by atoms with Crippen molar-refractivity contribution in [2.75, 3.05) is 12.4 Å². The second-order valence-corrected chi connectivity index (χ2v) is 4.98. The zero-order valence-corrected chi connectivity index (χ0v) is 12.8. The monoisotopic (exact) mass is 309 g/mol. The summed E-state index contributed by atoms with van der Waals surface area (Å²) in [7, 11) is 4.63. The van der Waals surface area contributed by atoms with Gasteiger partial charge in [0.2, 0.25) is 0 Å². The van der Waals surface area contributed by atoms with Crippen LogP contribution >= 0.6 is 11.6 Å². The molecular formula is C14H16ClN3O3. The number of nitrogens with one attached hydrogen (secondary N) is 1. The normalized spacial score (nSPS) is 10.5. The highest BCUT2D eigenvalue weighted by molar-refractivity contribution is 6.33. The van der Waals surface area contributed by atoms with E-state index in [0.717, 1.165) is 4.57 Å². The smallest absolute Gasteiger partial charge is 0.330 e. The first-order valence-corrected chi connectivity index (χ1v) is 6.65. The van der Waals surface area contributed by atoms with Gasteiger partial charge in [-0.15, -0.1) is 0 Å². The number of methoxy groups -OCH3 is 1. The average Bonchev–Trinajstić information content (AvgIpc) is 2.49. The molecule has 1 aromatic carbocycles. The molecule has 1 N–H and O–H groups in total. The van der Waals surface area contributed by atoms with E-state index in [1.807, 2.05) is 0 Å². The van der Waals surface area contributed by atoms with Crippen LogP contribution in [0.5, 0.6) is 5.75 Å². The molecule has 0 radical (unpaired) electrons. The highest BCUT2D eigenvalue weighted by atomic mass is 35.5. The van der Waals surface area contributed by atoms with Gasteiger partial charge in [-0.2, -0.15) is 0 Å². The highest BCUT2D eigenvalue weighted by Gasteiger charge is 2.07. The summed E-state index contributed by atoms with van der Waals surface area (Å²) in [6, 6.07) is 6.64. The molecule has 112 valence electrons. The molecule has 0 fully saturated rings. The Hall–Kier alpha value is -2.21. The number of nitrogens with zero attached hydrogens (tertiary/aromatic N) is 2. The molecule has 21 heavy (non-hydrogen) atoms. The molecule has 0 spiro atoms. The van der Waals surface area contributed by atoms with Crippen LogP contribution < -0.4 is 21.3 Å². The van der Waals surface area contributed by atoms with Gasteiger partial charge in [0.1, 0.15) is 5.75 Å². The lowest BCUT2D eigenvalue weighted by Crippen LogP contribution is -2.38. The summed E-state index contributed by atoms with van der Waals surface area (Å²) in [6.07, 6.45) is 0. The van der Waals surface area contributed by atoms with Gasteiger partial charge < -0.3 is 10.1 Å². The molecule has 2 aromatic rings. The number of rotatable bonds is 4. The van der Waals surface area contributed by atoms with Crippen LogP contribution in [0.2, 0.25) is 5.02 Å². The molecule has 0 aliphatic heterocycles. The van der Waals surface area contributed by atoms with E-state index >= 15 is 0 Å². The molecular weight excluding hydrogens is 294 g/mol. The van der Waals surface area contributed by atoms with Crippen LogP contribution in [0.25, 0.3) is 0 Å². The Morgan fingerprint density at radius 2 is 1.90 bits per heavy atom. The van der Waals surface area contributed by atoms with E-state index < -0.39 is 0 Å². The van der Waals surface area contributed by atoms with E-state index in [4.69, 9.17) is 16.3 Å². The minimum absolute atomic E-state index is 0.300. The minimum Gasteiger partial charge on any atom is -0.497 e. The van der Waals surface area contributed by atoms with Crippen molar-refractivity contribution in [3.63, 3.8) is 0 Å². The Bertz CT molecular complexity index is 780. The number of hydrogen-bond donors (Lipinski definition) is 1. The van der Waals surface area contributed by atoms with E-state index in [0.29, 0.717) is 28.7 Å². The molecule has 0 unspecified atom stereocenters. The van der Waals surface area contributed by atoms with Crippen LogP contribution in [-0.4, -0.2) is 16.2 Å². The molecule has 0 saturated heterocycles. The zero-order valence-electron chi connectivity index (χ0n) is 12.0. The van der Waals surface area contributed by atoms with E-state index in [1.54, 1.807) is 32.4 Å². The molecule has 0 amide bonds. The number of halogens is 1. The SMILES string of the molecule is COc1ccc(Cl)c(NCc2cc(=O)n(C)c(=O)n2C)c1. The Labute approximate surface area is 126 Å². The van der Waals surface area contributed by atoms with Gasteiger partial charge in [-0.05, 0) is 12.1 Å². The topological polar surface area (TPSA) is 65.3 Å². The fourth-order valence-corrected chi connectivity index (χ4v) is 2.08. The van der Waals surface area contributed by atoms with Gasteiger partial charge in [-0.3, -0.25) is 13.9 Å². The zero-order chi connectivity index (χ0) is 15.6. The molecule has 0 aliphatic carbocycles. The molecule has 6 nitrogen and oxygen atoms in total. The van der Waals surface area contributed by atoms with Crippen molar-refractivity contribution in [1.29, 1.82) is 0 Å². The van der Waals surface area contributed by atoms with E-state index in [2.05, 4.69) is 5.32 Å². The van der Waals surface area contributed by atoms with Crippen LogP contribution in [-0.2, 0) is 20.6 Å². The lowest BCUT2D eigenvalue weighted by atomic mass is 10.3. The molecule has 7 heteroatoms. The predicted molar refractivity (Wildman–Crippen MR) is 82.3 cm³/mol. The maximum absolute atomic E-state index is 11.8. The van der Waals surface area contributed by atoms with Crippen LogP contribution in [0.1, 0.15) is 5.69 Å². The third-order valence-electron chi connectivity index (χ3n) is 3.26. The third kappa shape index (κ3) is 3.11. The van der Waals surface area contributed by atoms with Gasteiger partial charge in [0, 0.05) is 31.9 Å². The number of hydrogen-bond acceptors (Lipinski definition) is 4. The highest BCUT2D eigenvalue weighted by Crippen LogP contribution is 2.26. The van der Waals surface area contributed by atoms with Crippen molar-refractivity contribution >= 4 is 17.3 Å². The molecule has 0 bridgehead atoms. The lowest BCUT2D eigenvalue weighted by Gasteiger charge is -2.13. The number of aromatic nitrogens is 2. The minimum atomic E-state index is -0.365. The van der Waals surface area contributed by atoms with Crippen molar-refractivity contribution in [1.82, 2.24) is 9.13 Å². The maximum atomic E-state index is 11.8. The summed E-state index contributed by atoms with van der Waals surface area (Å²) in [5, 5.41) is 3.63. The summed E-state index contributed by atoms with van der Waals surface area (Å²) in [5.41, 5.74) is 0.536. The Morgan fingerprint density at radius 3 is 2.57 bits per heavy atom. The van der Waals surface area contributed by atoms with Gasteiger partial charge in [0.15, 0.2) is 0 Å².